The topological polar surface area (TPSA) is 0 Å². The summed E-state index contributed by atoms with van der Waals surface area (Å²) in [6, 6.07) is 0. The molecular formula is C6H12S2Se. The van der Waals surface area contributed by atoms with E-state index in [-0.39, 0.29) is 0 Å². The van der Waals surface area contributed by atoms with Gasteiger partial charge in [-0.3, -0.25) is 0 Å². The number of hydrogen-bond donors (Lipinski definition) is 2. The van der Waals surface area contributed by atoms with Crippen molar-refractivity contribution in [2.45, 2.75) is 22.5 Å². The normalized spacial score (nSPS) is 35.3. The van der Waals surface area contributed by atoms with Gasteiger partial charge in [0.05, 0.1) is 0 Å². The molecule has 0 aromatic rings. The summed E-state index contributed by atoms with van der Waals surface area (Å²) in [5, 5.41) is 0. The molecule has 0 amide bonds. The molecule has 0 saturated carbocycles. The standard InChI is InChI=1S/C6H12S2Se/c7-3-5-1-2-6(4-8)9-5/h5-8H,1-4H2. The molecule has 1 fully saturated rings. The molecule has 1 rings (SSSR count). The first-order valence-electron chi connectivity index (χ1n) is 3.24. The summed E-state index contributed by atoms with van der Waals surface area (Å²) in [5.41, 5.74) is 0. The van der Waals surface area contributed by atoms with Gasteiger partial charge in [0, 0.05) is 0 Å². The van der Waals surface area contributed by atoms with Crippen molar-refractivity contribution < 1.29 is 0 Å². The fraction of sp³-hybridized carbons (Fsp3) is 1.00. The van der Waals surface area contributed by atoms with Crippen LogP contribution in [0.4, 0.5) is 0 Å². The summed E-state index contributed by atoms with van der Waals surface area (Å²) in [4.78, 5) is 1.91. The van der Waals surface area contributed by atoms with Crippen molar-refractivity contribution in [2.75, 3.05) is 11.5 Å². The van der Waals surface area contributed by atoms with Gasteiger partial charge in [0.2, 0.25) is 0 Å². The van der Waals surface area contributed by atoms with E-state index >= 15 is 0 Å². The van der Waals surface area contributed by atoms with Crippen LogP contribution in [-0.2, 0) is 0 Å². The van der Waals surface area contributed by atoms with E-state index in [0.717, 1.165) is 36.1 Å². The van der Waals surface area contributed by atoms with Crippen LogP contribution in [0.2, 0.25) is 9.63 Å². The van der Waals surface area contributed by atoms with Gasteiger partial charge in [-0.25, -0.2) is 0 Å². The molecule has 1 heterocycles. The molecule has 0 nitrogen and oxygen atoms in total. The molecule has 0 radical (unpaired) electrons. The number of thiol groups is 2. The Morgan fingerprint density at radius 3 is 1.78 bits per heavy atom. The van der Waals surface area contributed by atoms with E-state index in [0.29, 0.717) is 0 Å². The van der Waals surface area contributed by atoms with Gasteiger partial charge >= 0.3 is 74.2 Å². The molecule has 1 aliphatic rings. The summed E-state index contributed by atoms with van der Waals surface area (Å²) in [7, 11) is 0. The SMILES string of the molecule is SCC1CCC(CS)[Se]1. The van der Waals surface area contributed by atoms with Crippen LogP contribution < -0.4 is 0 Å². The second-order valence-corrected chi connectivity index (χ2v) is 6.42. The van der Waals surface area contributed by atoms with Gasteiger partial charge in [-0.1, -0.05) is 0 Å². The maximum atomic E-state index is 4.29. The fourth-order valence-corrected chi connectivity index (χ4v) is 4.95. The second kappa shape index (κ2) is 4.17. The van der Waals surface area contributed by atoms with Crippen LogP contribution in [-0.4, -0.2) is 26.5 Å². The first-order valence-corrected chi connectivity index (χ1v) is 6.48. The first kappa shape index (κ1) is 8.32. The second-order valence-electron chi connectivity index (χ2n) is 2.32. The van der Waals surface area contributed by atoms with Crippen LogP contribution in [0.25, 0.3) is 0 Å². The summed E-state index contributed by atoms with van der Waals surface area (Å²) in [5.74, 6) is 2.20. The van der Waals surface area contributed by atoms with Crippen molar-refractivity contribution in [2.24, 2.45) is 0 Å². The van der Waals surface area contributed by atoms with Crippen LogP contribution in [0, 0.1) is 0 Å². The monoisotopic (exact) mass is 228 g/mol. The van der Waals surface area contributed by atoms with E-state index in [2.05, 4.69) is 25.3 Å². The van der Waals surface area contributed by atoms with Crippen molar-refractivity contribution in [1.82, 2.24) is 0 Å². The van der Waals surface area contributed by atoms with E-state index in [1.165, 1.54) is 12.8 Å². The van der Waals surface area contributed by atoms with Crippen LogP contribution >= 0.6 is 25.3 Å². The van der Waals surface area contributed by atoms with Gasteiger partial charge in [0.25, 0.3) is 0 Å². The average Bonchev–Trinajstić information content (AvgIpc) is 2.34. The molecule has 3 heteroatoms. The third-order valence-electron chi connectivity index (χ3n) is 1.60. The molecule has 2 atom stereocenters. The van der Waals surface area contributed by atoms with Crippen LogP contribution in [0.15, 0.2) is 0 Å². The van der Waals surface area contributed by atoms with E-state index in [1.807, 2.05) is 0 Å². The molecule has 9 heavy (non-hydrogen) atoms. The first-order chi connectivity index (χ1) is 4.36. The summed E-state index contributed by atoms with van der Waals surface area (Å²) in [6.45, 7) is 0. The number of hydrogen-bond acceptors (Lipinski definition) is 2. The van der Waals surface area contributed by atoms with Crippen molar-refractivity contribution in [3.63, 3.8) is 0 Å². The predicted molar refractivity (Wildman–Crippen MR) is 50.2 cm³/mol. The van der Waals surface area contributed by atoms with Crippen LogP contribution in [0.3, 0.4) is 0 Å². The maximum absolute atomic E-state index is 4.29. The molecular weight excluding hydrogens is 215 g/mol. The van der Waals surface area contributed by atoms with Crippen LogP contribution in [0.1, 0.15) is 12.8 Å². The van der Waals surface area contributed by atoms with Gasteiger partial charge < -0.3 is 0 Å². The Bertz CT molecular complexity index is 77.1. The molecule has 0 aliphatic carbocycles. The van der Waals surface area contributed by atoms with Crippen molar-refractivity contribution in [1.29, 1.82) is 0 Å². The van der Waals surface area contributed by atoms with Gasteiger partial charge in [-0.15, -0.1) is 0 Å². The van der Waals surface area contributed by atoms with E-state index < -0.39 is 0 Å². The van der Waals surface area contributed by atoms with E-state index in [1.54, 1.807) is 0 Å². The zero-order chi connectivity index (χ0) is 6.69. The molecule has 54 valence electrons. The van der Waals surface area contributed by atoms with Gasteiger partial charge in [-0.2, -0.15) is 0 Å². The Kier molecular flexibility index (Phi) is 3.86. The number of rotatable bonds is 2. The van der Waals surface area contributed by atoms with Gasteiger partial charge in [-0.05, 0) is 0 Å². The summed E-state index contributed by atoms with van der Waals surface area (Å²) < 4.78 is 0. The minimum absolute atomic E-state index is 0.851. The van der Waals surface area contributed by atoms with E-state index in [9.17, 15) is 0 Å². The molecule has 0 aromatic carbocycles. The molecule has 0 N–H and O–H groups in total. The molecule has 1 saturated heterocycles. The van der Waals surface area contributed by atoms with Crippen molar-refractivity contribution in [3.8, 4) is 0 Å². The summed E-state index contributed by atoms with van der Waals surface area (Å²) in [6.07, 6.45) is 2.82. The van der Waals surface area contributed by atoms with Crippen molar-refractivity contribution in [3.05, 3.63) is 0 Å². The fourth-order valence-electron chi connectivity index (χ4n) is 1.05. The van der Waals surface area contributed by atoms with E-state index in [4.69, 9.17) is 0 Å². The Labute approximate surface area is 74.1 Å². The van der Waals surface area contributed by atoms with Crippen molar-refractivity contribution >= 4 is 40.2 Å². The Balaban J connectivity index is 2.20. The Morgan fingerprint density at radius 2 is 1.56 bits per heavy atom. The third-order valence-corrected chi connectivity index (χ3v) is 6.90. The quantitative estimate of drug-likeness (QED) is 0.522. The zero-order valence-corrected chi connectivity index (χ0v) is 8.79. The zero-order valence-electron chi connectivity index (χ0n) is 5.29. The van der Waals surface area contributed by atoms with Gasteiger partial charge in [0.15, 0.2) is 0 Å². The third kappa shape index (κ3) is 2.38. The molecule has 0 spiro atoms. The van der Waals surface area contributed by atoms with Crippen LogP contribution in [0.5, 0.6) is 0 Å². The average molecular weight is 227 g/mol. The Hall–Kier alpha value is 1.22. The summed E-state index contributed by atoms with van der Waals surface area (Å²) >= 11 is 9.42. The molecule has 1 aliphatic heterocycles. The molecule has 0 bridgehead atoms. The Morgan fingerprint density at radius 1 is 1.11 bits per heavy atom. The van der Waals surface area contributed by atoms with Gasteiger partial charge in [0.1, 0.15) is 0 Å². The minimum atomic E-state index is 0.851. The predicted octanol–water partition coefficient (Wildman–Crippen LogP) is 1.92. The molecule has 0 aromatic heterocycles. The molecule has 2 unspecified atom stereocenters.